The van der Waals surface area contributed by atoms with Crippen molar-refractivity contribution in [3.8, 4) is 12.3 Å². The lowest BCUT2D eigenvalue weighted by Gasteiger charge is -2.21. The number of carbonyl (C=O) groups excluding carboxylic acids is 2. The fourth-order valence-corrected chi connectivity index (χ4v) is 2.30. The highest BCUT2D eigenvalue weighted by molar-refractivity contribution is 5.95. The van der Waals surface area contributed by atoms with Gasteiger partial charge in [-0.3, -0.25) is 25.3 Å². The molecule has 1 aromatic rings. The summed E-state index contributed by atoms with van der Waals surface area (Å²) in [6.45, 7) is 1.18. The summed E-state index contributed by atoms with van der Waals surface area (Å²) in [7, 11) is 0. The van der Waals surface area contributed by atoms with Gasteiger partial charge in [0.25, 0.3) is 11.8 Å². The third kappa shape index (κ3) is 3.80. The van der Waals surface area contributed by atoms with Crippen LogP contribution >= 0.6 is 0 Å². The maximum atomic E-state index is 12.8. The molecule has 0 saturated carbocycles. The summed E-state index contributed by atoms with van der Waals surface area (Å²) in [6, 6.07) is 4.73. The van der Waals surface area contributed by atoms with Crippen molar-refractivity contribution in [2.24, 2.45) is 0 Å². The second-order valence-corrected chi connectivity index (χ2v) is 4.78. The van der Waals surface area contributed by atoms with Crippen LogP contribution in [-0.4, -0.2) is 35.8 Å². The van der Waals surface area contributed by atoms with Crippen LogP contribution in [0, 0.1) is 18.2 Å². The van der Waals surface area contributed by atoms with Gasteiger partial charge in [-0.2, -0.15) is 0 Å². The van der Waals surface area contributed by atoms with E-state index >= 15 is 0 Å². The summed E-state index contributed by atoms with van der Waals surface area (Å²) >= 11 is 0. The average Bonchev–Trinajstić information content (AvgIpc) is 2.94. The Morgan fingerprint density at radius 2 is 2.05 bits per heavy atom. The van der Waals surface area contributed by atoms with E-state index in [1.54, 1.807) is 0 Å². The van der Waals surface area contributed by atoms with Crippen molar-refractivity contribution in [2.75, 3.05) is 13.1 Å². The Morgan fingerprint density at radius 3 is 2.71 bits per heavy atom. The molecule has 1 aliphatic heterocycles. The Bertz CT molecular complexity index is 565. The van der Waals surface area contributed by atoms with Crippen LogP contribution in [0.2, 0.25) is 0 Å². The number of benzene rings is 1. The SMILES string of the molecule is C#CCN1CCC[C@@H]1C(=O)NNC(=O)c1ccc(F)cc1. The Labute approximate surface area is 122 Å². The number of likely N-dealkylation sites (tertiary alicyclic amines) is 1. The van der Waals surface area contributed by atoms with E-state index in [0.717, 1.165) is 13.0 Å². The van der Waals surface area contributed by atoms with Crippen molar-refractivity contribution in [2.45, 2.75) is 18.9 Å². The van der Waals surface area contributed by atoms with Gasteiger partial charge < -0.3 is 0 Å². The van der Waals surface area contributed by atoms with Crippen LogP contribution in [0.25, 0.3) is 0 Å². The predicted molar refractivity (Wildman–Crippen MR) is 75.4 cm³/mol. The Balaban J connectivity index is 1.87. The van der Waals surface area contributed by atoms with Crippen LogP contribution in [0.15, 0.2) is 24.3 Å². The second-order valence-electron chi connectivity index (χ2n) is 4.78. The number of hydrogen-bond acceptors (Lipinski definition) is 3. The summed E-state index contributed by atoms with van der Waals surface area (Å²) in [5.41, 5.74) is 4.97. The Kier molecular flexibility index (Phi) is 4.90. The van der Waals surface area contributed by atoms with Gasteiger partial charge in [0.15, 0.2) is 0 Å². The predicted octanol–water partition coefficient (Wildman–Crippen LogP) is 0.684. The van der Waals surface area contributed by atoms with Crippen LogP contribution in [0.5, 0.6) is 0 Å². The molecule has 1 fully saturated rings. The second kappa shape index (κ2) is 6.86. The molecular weight excluding hydrogens is 273 g/mol. The standard InChI is InChI=1S/C15H16FN3O2/c1-2-9-19-10-3-4-13(19)15(21)18-17-14(20)11-5-7-12(16)8-6-11/h1,5-8,13H,3-4,9-10H2,(H,17,20)(H,18,21)/t13-/m1/s1. The van der Waals surface area contributed by atoms with Gasteiger partial charge in [0, 0.05) is 5.56 Å². The molecule has 6 heteroatoms. The molecule has 0 unspecified atom stereocenters. The monoisotopic (exact) mass is 289 g/mol. The van der Waals surface area contributed by atoms with E-state index in [-0.39, 0.29) is 17.5 Å². The first-order valence-electron chi connectivity index (χ1n) is 6.65. The van der Waals surface area contributed by atoms with Crippen molar-refractivity contribution in [3.63, 3.8) is 0 Å². The number of terminal acetylenes is 1. The van der Waals surface area contributed by atoms with Gasteiger partial charge in [-0.05, 0) is 43.7 Å². The number of rotatable bonds is 3. The fraction of sp³-hybridized carbons (Fsp3) is 0.333. The lowest BCUT2D eigenvalue weighted by Crippen LogP contribution is -2.50. The zero-order valence-corrected chi connectivity index (χ0v) is 11.4. The van der Waals surface area contributed by atoms with Gasteiger partial charge in [-0.25, -0.2) is 4.39 Å². The van der Waals surface area contributed by atoms with E-state index in [1.165, 1.54) is 24.3 Å². The smallest absolute Gasteiger partial charge is 0.269 e. The molecule has 0 spiro atoms. The molecule has 1 aliphatic rings. The molecule has 2 N–H and O–H groups in total. The van der Waals surface area contributed by atoms with Crippen molar-refractivity contribution < 1.29 is 14.0 Å². The molecular formula is C15H16FN3O2. The van der Waals surface area contributed by atoms with Gasteiger partial charge in [-0.15, -0.1) is 6.42 Å². The average molecular weight is 289 g/mol. The molecule has 0 radical (unpaired) electrons. The first kappa shape index (κ1) is 15.0. The molecule has 110 valence electrons. The number of hydrogen-bond donors (Lipinski definition) is 2. The van der Waals surface area contributed by atoms with E-state index in [4.69, 9.17) is 6.42 Å². The molecule has 1 aromatic carbocycles. The number of halogens is 1. The van der Waals surface area contributed by atoms with Crippen molar-refractivity contribution >= 4 is 11.8 Å². The van der Waals surface area contributed by atoms with Gasteiger partial charge in [0.05, 0.1) is 12.6 Å². The molecule has 1 heterocycles. The lowest BCUT2D eigenvalue weighted by molar-refractivity contribution is -0.126. The van der Waals surface area contributed by atoms with Crippen LogP contribution in [0.4, 0.5) is 4.39 Å². The van der Waals surface area contributed by atoms with Gasteiger partial charge >= 0.3 is 0 Å². The summed E-state index contributed by atoms with van der Waals surface area (Å²) in [6.07, 6.45) is 6.86. The summed E-state index contributed by atoms with van der Waals surface area (Å²) in [4.78, 5) is 25.7. The van der Waals surface area contributed by atoms with Gasteiger partial charge in [0.1, 0.15) is 5.82 Å². The molecule has 21 heavy (non-hydrogen) atoms. The summed E-state index contributed by atoms with van der Waals surface area (Å²) < 4.78 is 12.8. The quantitative estimate of drug-likeness (QED) is 0.635. The van der Waals surface area contributed by atoms with Crippen molar-refractivity contribution in [1.82, 2.24) is 15.8 Å². The summed E-state index contributed by atoms with van der Waals surface area (Å²) in [5.74, 6) is 1.30. The molecule has 2 amide bonds. The van der Waals surface area contributed by atoms with Crippen LogP contribution in [0.3, 0.4) is 0 Å². The minimum Gasteiger partial charge on any atom is -0.281 e. The first-order chi connectivity index (χ1) is 10.1. The number of nitrogens with zero attached hydrogens (tertiary/aromatic N) is 1. The highest BCUT2D eigenvalue weighted by Crippen LogP contribution is 2.16. The van der Waals surface area contributed by atoms with E-state index in [2.05, 4.69) is 16.8 Å². The fourth-order valence-electron chi connectivity index (χ4n) is 2.30. The molecule has 0 aliphatic carbocycles. The molecule has 1 atom stereocenters. The topological polar surface area (TPSA) is 61.4 Å². The third-order valence-electron chi connectivity index (χ3n) is 3.37. The Morgan fingerprint density at radius 1 is 1.33 bits per heavy atom. The van der Waals surface area contributed by atoms with Crippen LogP contribution in [0.1, 0.15) is 23.2 Å². The normalized spacial score (nSPS) is 18.0. The summed E-state index contributed by atoms with van der Waals surface area (Å²) in [5, 5.41) is 0. The van der Waals surface area contributed by atoms with E-state index < -0.39 is 11.7 Å². The maximum absolute atomic E-state index is 12.8. The number of nitrogens with one attached hydrogen (secondary N) is 2. The van der Waals surface area contributed by atoms with Crippen LogP contribution < -0.4 is 10.9 Å². The molecule has 0 aromatic heterocycles. The van der Waals surface area contributed by atoms with E-state index in [0.29, 0.717) is 13.0 Å². The van der Waals surface area contributed by atoms with Gasteiger partial charge in [-0.1, -0.05) is 5.92 Å². The lowest BCUT2D eigenvalue weighted by atomic mass is 10.2. The number of carbonyl (C=O) groups is 2. The minimum absolute atomic E-state index is 0.267. The Hall–Kier alpha value is -2.39. The van der Waals surface area contributed by atoms with E-state index in [1.807, 2.05) is 4.90 Å². The maximum Gasteiger partial charge on any atom is 0.269 e. The van der Waals surface area contributed by atoms with E-state index in [9.17, 15) is 14.0 Å². The van der Waals surface area contributed by atoms with Crippen LogP contribution in [-0.2, 0) is 4.79 Å². The van der Waals surface area contributed by atoms with Crippen molar-refractivity contribution in [1.29, 1.82) is 0 Å². The minimum atomic E-state index is -0.496. The van der Waals surface area contributed by atoms with Gasteiger partial charge in [0.2, 0.25) is 0 Å². The molecule has 1 saturated heterocycles. The molecule has 0 bridgehead atoms. The number of hydrazine groups is 1. The van der Waals surface area contributed by atoms with Crippen molar-refractivity contribution in [3.05, 3.63) is 35.6 Å². The molecule has 5 nitrogen and oxygen atoms in total. The highest BCUT2D eigenvalue weighted by Gasteiger charge is 2.30. The highest BCUT2D eigenvalue weighted by atomic mass is 19.1. The first-order valence-corrected chi connectivity index (χ1v) is 6.65. The zero-order chi connectivity index (χ0) is 15.2. The largest absolute Gasteiger partial charge is 0.281 e. The zero-order valence-electron chi connectivity index (χ0n) is 11.4. The number of amides is 2. The molecule has 2 rings (SSSR count). The third-order valence-corrected chi connectivity index (χ3v) is 3.37.